The molecule has 2 N–H and O–H groups in total. The van der Waals surface area contributed by atoms with E-state index in [0.717, 1.165) is 4.90 Å². The van der Waals surface area contributed by atoms with Gasteiger partial charge in [0.15, 0.2) is 0 Å². The van der Waals surface area contributed by atoms with E-state index < -0.39 is 28.4 Å². The molecule has 0 aliphatic carbocycles. The van der Waals surface area contributed by atoms with Gasteiger partial charge >= 0.3 is 5.97 Å². The summed E-state index contributed by atoms with van der Waals surface area (Å²) in [4.78, 5) is 24.3. The number of sulfonamides is 1. The zero-order valence-corrected chi connectivity index (χ0v) is 13.5. The van der Waals surface area contributed by atoms with Crippen LogP contribution in [0.3, 0.4) is 0 Å². The van der Waals surface area contributed by atoms with Gasteiger partial charge in [-0.25, -0.2) is 8.42 Å². The second-order valence-corrected chi connectivity index (χ2v) is 6.44. The molecule has 8 heteroatoms. The molecule has 0 aliphatic rings. The van der Waals surface area contributed by atoms with Gasteiger partial charge in [-0.05, 0) is 24.6 Å². The number of hydrogen-bond donors (Lipinski definition) is 2. The summed E-state index contributed by atoms with van der Waals surface area (Å²) in [7, 11) is -3.82. The molecule has 1 amide bonds. The maximum atomic E-state index is 12.4. The Balaban J connectivity index is 3.09. The van der Waals surface area contributed by atoms with Gasteiger partial charge in [0, 0.05) is 12.1 Å². The molecule has 1 rings (SSSR count). The molecule has 0 saturated heterocycles. The van der Waals surface area contributed by atoms with Crippen molar-refractivity contribution in [2.75, 3.05) is 19.6 Å². The fraction of sp³-hybridized carbons (Fsp3) is 0.333. The maximum absolute atomic E-state index is 12.4. The van der Waals surface area contributed by atoms with Crippen LogP contribution in [0.1, 0.15) is 23.7 Å². The normalized spacial score (nSPS) is 10.8. The SMILES string of the molecule is C#CCNS(=O)(=O)c1cccc(C(=O)N(CCC)CC(=O)O)c1. The quantitative estimate of drug-likeness (QED) is 0.673. The molecular formula is C15H18N2O5S. The van der Waals surface area contributed by atoms with Crippen molar-refractivity contribution in [2.24, 2.45) is 0 Å². The summed E-state index contributed by atoms with van der Waals surface area (Å²) in [5, 5.41) is 8.87. The summed E-state index contributed by atoms with van der Waals surface area (Å²) < 4.78 is 26.2. The molecule has 0 spiro atoms. The van der Waals surface area contributed by atoms with Gasteiger partial charge < -0.3 is 10.0 Å². The topological polar surface area (TPSA) is 104 Å². The van der Waals surface area contributed by atoms with Crippen molar-refractivity contribution in [3.8, 4) is 12.3 Å². The molecule has 0 aliphatic heterocycles. The number of terminal acetylenes is 1. The van der Waals surface area contributed by atoms with Crippen molar-refractivity contribution in [3.05, 3.63) is 29.8 Å². The first kappa shape index (κ1) is 18.7. The number of carbonyl (C=O) groups excluding carboxylic acids is 1. The summed E-state index contributed by atoms with van der Waals surface area (Å²) in [6.07, 6.45) is 5.60. The van der Waals surface area contributed by atoms with Crippen LogP contribution in [0.4, 0.5) is 0 Å². The van der Waals surface area contributed by atoms with E-state index in [-0.39, 0.29) is 23.5 Å². The van der Waals surface area contributed by atoms with Crippen molar-refractivity contribution in [1.82, 2.24) is 9.62 Å². The van der Waals surface area contributed by atoms with Crippen LogP contribution in [0.15, 0.2) is 29.2 Å². The molecule has 0 aromatic heterocycles. The van der Waals surface area contributed by atoms with E-state index >= 15 is 0 Å². The second-order valence-electron chi connectivity index (χ2n) is 4.68. The number of benzene rings is 1. The number of carboxylic acids is 1. The highest BCUT2D eigenvalue weighted by atomic mass is 32.2. The van der Waals surface area contributed by atoms with E-state index in [1.807, 2.05) is 6.92 Å². The Morgan fingerprint density at radius 3 is 2.65 bits per heavy atom. The monoisotopic (exact) mass is 338 g/mol. The van der Waals surface area contributed by atoms with Crippen molar-refractivity contribution in [1.29, 1.82) is 0 Å². The fourth-order valence-corrected chi connectivity index (χ4v) is 2.86. The lowest BCUT2D eigenvalue weighted by atomic mass is 10.2. The predicted molar refractivity (Wildman–Crippen MR) is 84.3 cm³/mol. The van der Waals surface area contributed by atoms with Crippen molar-refractivity contribution in [3.63, 3.8) is 0 Å². The lowest BCUT2D eigenvalue weighted by Crippen LogP contribution is -2.36. The van der Waals surface area contributed by atoms with E-state index in [0.29, 0.717) is 6.42 Å². The van der Waals surface area contributed by atoms with Gasteiger partial charge in [-0.15, -0.1) is 6.42 Å². The number of nitrogens with zero attached hydrogens (tertiary/aromatic N) is 1. The number of rotatable bonds is 8. The molecule has 0 saturated carbocycles. The van der Waals surface area contributed by atoms with Crippen LogP contribution < -0.4 is 4.72 Å². The van der Waals surface area contributed by atoms with E-state index in [2.05, 4.69) is 10.6 Å². The third kappa shape index (κ3) is 5.39. The molecule has 0 fully saturated rings. The van der Waals surface area contributed by atoms with Gasteiger partial charge in [0.2, 0.25) is 10.0 Å². The van der Waals surface area contributed by atoms with E-state index in [1.54, 1.807) is 0 Å². The minimum atomic E-state index is -3.82. The van der Waals surface area contributed by atoms with E-state index in [9.17, 15) is 18.0 Å². The second kappa shape index (κ2) is 8.31. The van der Waals surface area contributed by atoms with Crippen molar-refractivity contribution < 1.29 is 23.1 Å². The highest BCUT2D eigenvalue weighted by molar-refractivity contribution is 7.89. The van der Waals surface area contributed by atoms with E-state index in [1.165, 1.54) is 24.3 Å². The average molecular weight is 338 g/mol. The van der Waals surface area contributed by atoms with Crippen LogP contribution in [0.5, 0.6) is 0 Å². The molecule has 0 radical (unpaired) electrons. The Morgan fingerprint density at radius 2 is 2.09 bits per heavy atom. The van der Waals surface area contributed by atoms with Gasteiger partial charge in [-0.3, -0.25) is 9.59 Å². The van der Waals surface area contributed by atoms with Crippen molar-refractivity contribution in [2.45, 2.75) is 18.2 Å². The molecule has 0 atom stereocenters. The lowest BCUT2D eigenvalue weighted by Gasteiger charge is -2.20. The maximum Gasteiger partial charge on any atom is 0.323 e. The molecule has 0 bridgehead atoms. The smallest absolute Gasteiger partial charge is 0.323 e. The van der Waals surface area contributed by atoms with Crippen LogP contribution in [-0.4, -0.2) is 49.9 Å². The van der Waals surface area contributed by atoms with Crippen molar-refractivity contribution >= 4 is 21.9 Å². The van der Waals surface area contributed by atoms with Crippen LogP contribution in [-0.2, 0) is 14.8 Å². The molecule has 1 aromatic carbocycles. The third-order valence-corrected chi connectivity index (χ3v) is 4.26. The molecule has 7 nitrogen and oxygen atoms in total. The predicted octanol–water partition coefficient (Wildman–Crippen LogP) is 0.535. The van der Waals surface area contributed by atoms with E-state index in [4.69, 9.17) is 11.5 Å². The van der Waals surface area contributed by atoms with Gasteiger partial charge in [-0.2, -0.15) is 4.72 Å². The largest absolute Gasteiger partial charge is 0.480 e. The molecule has 23 heavy (non-hydrogen) atoms. The highest BCUT2D eigenvalue weighted by Crippen LogP contribution is 2.13. The summed E-state index contributed by atoms with van der Waals surface area (Å²) in [6, 6.07) is 5.39. The molecule has 0 heterocycles. The fourth-order valence-electron chi connectivity index (χ4n) is 1.88. The number of amides is 1. The summed E-state index contributed by atoms with van der Waals surface area (Å²) in [5.41, 5.74) is 0.100. The Bertz CT molecular complexity index is 722. The first-order valence-corrected chi connectivity index (χ1v) is 8.34. The number of carbonyl (C=O) groups is 2. The first-order valence-electron chi connectivity index (χ1n) is 6.86. The number of nitrogens with one attached hydrogen (secondary N) is 1. The van der Waals surface area contributed by atoms with Gasteiger partial charge in [0.1, 0.15) is 6.54 Å². The third-order valence-electron chi connectivity index (χ3n) is 2.86. The zero-order chi connectivity index (χ0) is 17.5. The highest BCUT2D eigenvalue weighted by Gasteiger charge is 2.20. The summed E-state index contributed by atoms with van der Waals surface area (Å²) in [6.45, 7) is 1.46. The van der Waals surface area contributed by atoms with Crippen LogP contribution in [0.2, 0.25) is 0 Å². The molecule has 1 aromatic rings. The van der Waals surface area contributed by atoms with Gasteiger partial charge in [-0.1, -0.05) is 18.9 Å². The average Bonchev–Trinajstić information content (AvgIpc) is 2.51. The Kier molecular flexibility index (Phi) is 6.75. The minimum absolute atomic E-state index is 0.100. The Hall–Kier alpha value is -2.37. The Morgan fingerprint density at radius 1 is 1.39 bits per heavy atom. The Labute approximate surface area is 135 Å². The number of aliphatic carboxylic acids is 1. The number of carboxylic acid groups (broad SMARTS) is 1. The summed E-state index contributed by atoms with van der Waals surface area (Å²) >= 11 is 0. The minimum Gasteiger partial charge on any atom is -0.480 e. The first-order chi connectivity index (χ1) is 10.8. The zero-order valence-electron chi connectivity index (χ0n) is 12.7. The standard InChI is InChI=1S/C15H18N2O5S/c1-3-8-16-23(21,22)13-7-5-6-12(10-13)15(20)17(9-4-2)11-14(18)19/h1,5-7,10,16H,4,8-9,11H2,2H3,(H,18,19). The van der Waals surface area contributed by atoms with Crippen LogP contribution in [0.25, 0.3) is 0 Å². The lowest BCUT2D eigenvalue weighted by molar-refractivity contribution is -0.137. The molecule has 0 unspecified atom stereocenters. The van der Waals surface area contributed by atoms with Crippen LogP contribution >= 0.6 is 0 Å². The van der Waals surface area contributed by atoms with Gasteiger partial charge in [0.05, 0.1) is 11.4 Å². The summed E-state index contributed by atoms with van der Waals surface area (Å²) in [5.74, 6) is 0.485. The number of hydrogen-bond acceptors (Lipinski definition) is 4. The molecular weight excluding hydrogens is 320 g/mol. The van der Waals surface area contributed by atoms with Crippen LogP contribution in [0, 0.1) is 12.3 Å². The van der Waals surface area contributed by atoms with Gasteiger partial charge in [0.25, 0.3) is 5.91 Å². The molecule has 124 valence electrons.